The van der Waals surface area contributed by atoms with Gasteiger partial charge in [-0.25, -0.2) is 0 Å². The number of rotatable bonds is 3. The highest BCUT2D eigenvalue weighted by Crippen LogP contribution is 1.93. The number of aromatic nitrogens is 3. The zero-order valence-corrected chi connectivity index (χ0v) is 6.50. The molecular formula is C7H11N3O. The number of nitrogens with one attached hydrogen (secondary N) is 1. The van der Waals surface area contributed by atoms with Crippen LogP contribution < -0.4 is 5.56 Å². The summed E-state index contributed by atoms with van der Waals surface area (Å²) < 4.78 is 0. The number of hydrogen-bond acceptors (Lipinski definition) is 3. The molecule has 0 aliphatic heterocycles. The Labute approximate surface area is 64.7 Å². The van der Waals surface area contributed by atoms with E-state index in [0.717, 1.165) is 19.3 Å². The van der Waals surface area contributed by atoms with E-state index in [-0.39, 0.29) is 5.56 Å². The maximum Gasteiger partial charge on any atom is 0.272 e. The summed E-state index contributed by atoms with van der Waals surface area (Å²) in [6, 6.07) is 0. The fourth-order valence-corrected chi connectivity index (χ4v) is 0.823. The molecular weight excluding hydrogens is 142 g/mol. The lowest BCUT2D eigenvalue weighted by atomic mass is 10.2. The highest BCUT2D eigenvalue weighted by atomic mass is 16.1. The Morgan fingerprint density at radius 1 is 1.64 bits per heavy atom. The first kappa shape index (κ1) is 7.91. The molecule has 0 unspecified atom stereocenters. The Morgan fingerprint density at radius 3 is 3.09 bits per heavy atom. The van der Waals surface area contributed by atoms with Gasteiger partial charge in [0.2, 0.25) is 0 Å². The fourth-order valence-electron chi connectivity index (χ4n) is 0.823. The fraction of sp³-hybridized carbons (Fsp3) is 0.571. The van der Waals surface area contributed by atoms with Crippen molar-refractivity contribution in [3.05, 3.63) is 22.4 Å². The average molecular weight is 153 g/mol. The Balaban J connectivity index is 2.70. The molecule has 0 atom stereocenters. The zero-order valence-electron chi connectivity index (χ0n) is 6.50. The molecule has 60 valence electrons. The topological polar surface area (TPSA) is 58.6 Å². The maximum atomic E-state index is 11.0. The lowest BCUT2D eigenvalue weighted by molar-refractivity contribution is 0.739. The van der Waals surface area contributed by atoms with Crippen LogP contribution in [-0.4, -0.2) is 15.2 Å². The molecule has 1 heterocycles. The molecule has 4 heteroatoms. The first-order valence-electron chi connectivity index (χ1n) is 3.74. The van der Waals surface area contributed by atoms with Gasteiger partial charge in [0.25, 0.3) is 5.56 Å². The molecule has 1 aromatic rings. The van der Waals surface area contributed by atoms with Crippen molar-refractivity contribution in [2.24, 2.45) is 0 Å². The van der Waals surface area contributed by atoms with Crippen LogP contribution in [0.5, 0.6) is 0 Å². The van der Waals surface area contributed by atoms with Crippen LogP contribution in [0.1, 0.15) is 25.5 Å². The quantitative estimate of drug-likeness (QED) is 0.688. The maximum absolute atomic E-state index is 11.0. The Bertz CT molecular complexity index is 268. The number of hydrogen-bond donors (Lipinski definition) is 1. The molecule has 1 rings (SSSR count). The van der Waals surface area contributed by atoms with Crippen molar-refractivity contribution in [2.75, 3.05) is 0 Å². The normalized spacial score (nSPS) is 9.91. The minimum atomic E-state index is -0.117. The van der Waals surface area contributed by atoms with Crippen LogP contribution in [0.3, 0.4) is 0 Å². The third kappa shape index (κ3) is 2.14. The molecule has 0 fully saturated rings. The van der Waals surface area contributed by atoms with Gasteiger partial charge >= 0.3 is 0 Å². The first-order valence-corrected chi connectivity index (χ1v) is 3.74. The van der Waals surface area contributed by atoms with Crippen molar-refractivity contribution < 1.29 is 0 Å². The monoisotopic (exact) mass is 153 g/mol. The minimum absolute atomic E-state index is 0.117. The summed E-state index contributed by atoms with van der Waals surface area (Å²) in [6.45, 7) is 2.07. The number of unbranched alkanes of at least 4 members (excludes halogenated alkanes) is 1. The second kappa shape index (κ2) is 3.85. The van der Waals surface area contributed by atoms with Gasteiger partial charge in [0.15, 0.2) is 0 Å². The van der Waals surface area contributed by atoms with Crippen molar-refractivity contribution >= 4 is 0 Å². The SMILES string of the molecule is CCCCc1nnc[nH]c1=O. The van der Waals surface area contributed by atoms with E-state index in [2.05, 4.69) is 22.1 Å². The summed E-state index contributed by atoms with van der Waals surface area (Å²) >= 11 is 0. The number of H-pyrrole nitrogens is 1. The second-order valence-corrected chi connectivity index (χ2v) is 2.37. The van der Waals surface area contributed by atoms with Gasteiger partial charge < -0.3 is 4.98 Å². The van der Waals surface area contributed by atoms with Crippen LogP contribution in [0.25, 0.3) is 0 Å². The predicted molar refractivity (Wildman–Crippen MR) is 41.3 cm³/mol. The Kier molecular flexibility index (Phi) is 2.77. The van der Waals surface area contributed by atoms with E-state index in [0.29, 0.717) is 5.69 Å². The Morgan fingerprint density at radius 2 is 2.45 bits per heavy atom. The zero-order chi connectivity index (χ0) is 8.10. The lowest BCUT2D eigenvalue weighted by Crippen LogP contribution is -2.15. The second-order valence-electron chi connectivity index (χ2n) is 2.37. The molecule has 0 spiro atoms. The van der Waals surface area contributed by atoms with Crippen molar-refractivity contribution in [2.45, 2.75) is 26.2 Å². The largest absolute Gasteiger partial charge is 0.310 e. The van der Waals surface area contributed by atoms with Gasteiger partial charge in [-0.1, -0.05) is 13.3 Å². The molecule has 0 aromatic carbocycles. The molecule has 0 saturated heterocycles. The molecule has 11 heavy (non-hydrogen) atoms. The van der Waals surface area contributed by atoms with Gasteiger partial charge in [0.1, 0.15) is 12.0 Å². The van der Waals surface area contributed by atoms with Gasteiger partial charge in [0, 0.05) is 0 Å². The van der Waals surface area contributed by atoms with E-state index in [9.17, 15) is 4.79 Å². The van der Waals surface area contributed by atoms with Crippen LogP contribution in [0.15, 0.2) is 11.1 Å². The molecule has 4 nitrogen and oxygen atoms in total. The van der Waals surface area contributed by atoms with E-state index in [4.69, 9.17) is 0 Å². The molecule has 1 aromatic heterocycles. The molecule has 0 amide bonds. The molecule has 0 aliphatic carbocycles. The third-order valence-electron chi connectivity index (χ3n) is 1.46. The van der Waals surface area contributed by atoms with Gasteiger partial charge in [-0.15, -0.1) is 10.2 Å². The smallest absolute Gasteiger partial charge is 0.272 e. The third-order valence-corrected chi connectivity index (χ3v) is 1.46. The summed E-state index contributed by atoms with van der Waals surface area (Å²) in [7, 11) is 0. The highest BCUT2D eigenvalue weighted by Gasteiger charge is 1.98. The molecule has 0 radical (unpaired) electrons. The first-order chi connectivity index (χ1) is 5.34. The van der Waals surface area contributed by atoms with Crippen molar-refractivity contribution in [1.29, 1.82) is 0 Å². The van der Waals surface area contributed by atoms with Crippen LogP contribution in [-0.2, 0) is 6.42 Å². The molecule has 0 aliphatic rings. The predicted octanol–water partition coefficient (Wildman–Crippen LogP) is 0.508. The van der Waals surface area contributed by atoms with Crippen LogP contribution in [0.2, 0.25) is 0 Å². The van der Waals surface area contributed by atoms with Gasteiger partial charge in [-0.2, -0.15) is 0 Å². The van der Waals surface area contributed by atoms with Crippen LogP contribution in [0.4, 0.5) is 0 Å². The molecule has 1 N–H and O–H groups in total. The molecule has 0 saturated carbocycles. The van der Waals surface area contributed by atoms with Crippen molar-refractivity contribution in [3.8, 4) is 0 Å². The summed E-state index contributed by atoms with van der Waals surface area (Å²) in [5, 5.41) is 7.31. The van der Waals surface area contributed by atoms with Gasteiger partial charge in [-0.05, 0) is 12.8 Å². The van der Waals surface area contributed by atoms with E-state index in [1.807, 2.05) is 0 Å². The summed E-state index contributed by atoms with van der Waals surface area (Å²) in [4.78, 5) is 13.4. The van der Waals surface area contributed by atoms with Gasteiger partial charge in [0.05, 0.1) is 0 Å². The van der Waals surface area contributed by atoms with E-state index >= 15 is 0 Å². The average Bonchev–Trinajstić information content (AvgIpc) is 2.03. The summed E-state index contributed by atoms with van der Waals surface area (Å²) in [6.07, 6.45) is 4.08. The highest BCUT2D eigenvalue weighted by molar-refractivity contribution is 4.91. The van der Waals surface area contributed by atoms with Crippen LogP contribution >= 0.6 is 0 Å². The Hall–Kier alpha value is -1.19. The van der Waals surface area contributed by atoms with Crippen molar-refractivity contribution in [1.82, 2.24) is 15.2 Å². The number of aromatic amines is 1. The van der Waals surface area contributed by atoms with Crippen LogP contribution in [0, 0.1) is 0 Å². The van der Waals surface area contributed by atoms with E-state index in [1.165, 1.54) is 6.33 Å². The minimum Gasteiger partial charge on any atom is -0.310 e. The lowest BCUT2D eigenvalue weighted by Gasteiger charge is -1.93. The van der Waals surface area contributed by atoms with Crippen molar-refractivity contribution in [3.63, 3.8) is 0 Å². The van der Waals surface area contributed by atoms with Gasteiger partial charge in [-0.3, -0.25) is 4.79 Å². The molecule has 0 bridgehead atoms. The van der Waals surface area contributed by atoms with E-state index in [1.54, 1.807) is 0 Å². The standard InChI is InChI=1S/C7H11N3O/c1-2-3-4-6-7(11)8-5-9-10-6/h5H,2-4H2,1H3,(H,8,9,11). The number of aryl methyl sites for hydroxylation is 1. The summed E-state index contributed by atoms with van der Waals surface area (Å²) in [5.74, 6) is 0. The number of nitrogens with zero attached hydrogens (tertiary/aromatic N) is 2. The summed E-state index contributed by atoms with van der Waals surface area (Å²) in [5.41, 5.74) is 0.419. The van der Waals surface area contributed by atoms with E-state index < -0.39 is 0 Å².